The Bertz CT molecular complexity index is 905. The topological polar surface area (TPSA) is 145 Å². The van der Waals surface area contributed by atoms with Crippen molar-refractivity contribution in [2.24, 2.45) is 0 Å². The Morgan fingerprint density at radius 3 is 2.70 bits per heavy atom. The van der Waals surface area contributed by atoms with Gasteiger partial charge in [0, 0.05) is 12.1 Å². The van der Waals surface area contributed by atoms with E-state index in [1.54, 1.807) is 12.1 Å². The van der Waals surface area contributed by atoms with E-state index in [-0.39, 0.29) is 24.4 Å². The summed E-state index contributed by atoms with van der Waals surface area (Å²) in [6, 6.07) is 3.31. The van der Waals surface area contributed by atoms with Crippen LogP contribution in [0.2, 0.25) is 0 Å². The van der Waals surface area contributed by atoms with E-state index in [0.717, 1.165) is 5.01 Å². The van der Waals surface area contributed by atoms with Crippen LogP contribution in [-0.4, -0.2) is 31.2 Å². The van der Waals surface area contributed by atoms with Crippen LogP contribution in [0.3, 0.4) is 0 Å². The average Bonchev–Trinajstić information content (AvgIpc) is 3.29. The van der Waals surface area contributed by atoms with Crippen LogP contribution in [0.25, 0.3) is 0 Å². The van der Waals surface area contributed by atoms with Gasteiger partial charge >= 0.3 is 0 Å². The molecule has 3 aromatic heterocycles. The van der Waals surface area contributed by atoms with Crippen LogP contribution in [0.1, 0.15) is 59.8 Å². The van der Waals surface area contributed by atoms with Crippen molar-refractivity contribution in [3.05, 3.63) is 40.6 Å². The Balaban J connectivity index is 1.55. The average molecular weight is 388 g/mol. The van der Waals surface area contributed by atoms with Crippen LogP contribution in [0.5, 0.6) is 0 Å². The lowest BCUT2D eigenvalue weighted by Crippen LogP contribution is -2.23. The molecule has 0 aliphatic carbocycles. The fraction of sp³-hybridized carbons (Fsp3) is 0.375. The molecular formula is C16H20N8O2S. The number of aromatic nitrogens is 5. The summed E-state index contributed by atoms with van der Waals surface area (Å²) in [6.07, 6.45) is 1.49. The number of hydrogen-bond donors (Lipinski definition) is 3. The lowest BCUT2D eigenvalue weighted by atomic mass is 10.2. The lowest BCUT2D eigenvalue weighted by molar-refractivity contribution is 0.0949. The second-order valence-electron chi connectivity index (χ2n) is 6.16. The highest BCUT2D eigenvalue weighted by atomic mass is 32.1. The third-order valence-corrected chi connectivity index (χ3v) is 4.54. The molecule has 3 aromatic rings. The number of nitrogens with one attached hydrogen (secondary N) is 2. The van der Waals surface area contributed by atoms with E-state index < -0.39 is 0 Å². The van der Waals surface area contributed by atoms with E-state index in [1.165, 1.54) is 17.5 Å². The number of hydrogen-bond acceptors (Lipinski definition) is 10. The zero-order valence-corrected chi connectivity index (χ0v) is 15.9. The molecule has 3 rings (SSSR count). The molecule has 0 aromatic carbocycles. The van der Waals surface area contributed by atoms with Crippen LogP contribution >= 0.6 is 11.3 Å². The molecule has 142 valence electrons. The predicted octanol–water partition coefficient (Wildman–Crippen LogP) is 2.12. The first kappa shape index (κ1) is 18.7. The highest BCUT2D eigenvalue weighted by Gasteiger charge is 2.14. The Morgan fingerprint density at radius 2 is 2.11 bits per heavy atom. The number of nitrogen functional groups attached to an aromatic ring is 1. The molecular weight excluding hydrogens is 368 g/mol. The molecule has 0 spiro atoms. The van der Waals surface area contributed by atoms with Gasteiger partial charge in [0.1, 0.15) is 10.8 Å². The van der Waals surface area contributed by atoms with Crippen molar-refractivity contribution in [2.45, 2.75) is 39.3 Å². The number of anilines is 2. The van der Waals surface area contributed by atoms with Gasteiger partial charge in [0.05, 0.1) is 18.2 Å². The molecule has 0 radical (unpaired) electrons. The maximum atomic E-state index is 12.2. The van der Waals surface area contributed by atoms with Crippen molar-refractivity contribution in [3.63, 3.8) is 0 Å². The van der Waals surface area contributed by atoms with E-state index in [4.69, 9.17) is 10.3 Å². The molecule has 27 heavy (non-hydrogen) atoms. The maximum Gasteiger partial charge on any atom is 0.253 e. The van der Waals surface area contributed by atoms with Gasteiger partial charge in [-0.1, -0.05) is 30.3 Å². The number of nitrogens with zero attached hydrogens (tertiary/aromatic N) is 5. The molecule has 0 aliphatic rings. The number of amides is 1. The summed E-state index contributed by atoms with van der Waals surface area (Å²) >= 11 is 1.31. The number of carbonyl (C=O) groups excluding carboxylic acids is 1. The highest BCUT2D eigenvalue weighted by Crippen LogP contribution is 2.22. The Hall–Kier alpha value is -3.08. The number of pyridine rings is 1. The molecule has 0 aliphatic heterocycles. The second kappa shape index (κ2) is 8.08. The van der Waals surface area contributed by atoms with Gasteiger partial charge in [-0.2, -0.15) is 4.98 Å². The predicted molar refractivity (Wildman–Crippen MR) is 100 cm³/mol. The summed E-state index contributed by atoms with van der Waals surface area (Å²) in [7, 11) is 0. The van der Waals surface area contributed by atoms with Crippen molar-refractivity contribution in [3.8, 4) is 0 Å². The normalized spacial score (nSPS) is 12.1. The van der Waals surface area contributed by atoms with Crippen molar-refractivity contribution < 1.29 is 9.32 Å². The first-order chi connectivity index (χ1) is 12.9. The molecule has 0 fully saturated rings. The Labute approximate surface area is 159 Å². The highest BCUT2D eigenvalue weighted by molar-refractivity contribution is 7.15. The molecule has 4 N–H and O–H groups in total. The first-order valence-electron chi connectivity index (χ1n) is 8.34. The SMILES string of the molecule is CC(C)c1nc(CNC(=O)c2ccc(N[C@H](C)c3nnc(N)s3)nc2)no1. The van der Waals surface area contributed by atoms with Gasteiger partial charge in [0.2, 0.25) is 11.0 Å². The Kier molecular flexibility index (Phi) is 5.60. The zero-order valence-electron chi connectivity index (χ0n) is 15.1. The van der Waals surface area contributed by atoms with Crippen molar-refractivity contribution in [1.29, 1.82) is 0 Å². The van der Waals surface area contributed by atoms with Gasteiger partial charge in [0.25, 0.3) is 5.91 Å². The minimum Gasteiger partial charge on any atom is -0.374 e. The zero-order chi connectivity index (χ0) is 19.4. The minimum atomic E-state index is -0.269. The summed E-state index contributed by atoms with van der Waals surface area (Å²) < 4.78 is 5.11. The summed E-state index contributed by atoms with van der Waals surface area (Å²) in [5.74, 6) is 1.47. The van der Waals surface area contributed by atoms with Crippen LogP contribution in [0.4, 0.5) is 10.9 Å². The van der Waals surface area contributed by atoms with Crippen LogP contribution < -0.4 is 16.4 Å². The quantitative estimate of drug-likeness (QED) is 0.554. The molecule has 11 heteroatoms. The van der Waals surface area contributed by atoms with Crippen molar-refractivity contribution >= 4 is 28.2 Å². The van der Waals surface area contributed by atoms with E-state index in [0.29, 0.717) is 28.2 Å². The van der Waals surface area contributed by atoms with E-state index in [1.807, 2.05) is 20.8 Å². The molecule has 0 unspecified atom stereocenters. The first-order valence-corrected chi connectivity index (χ1v) is 9.16. The van der Waals surface area contributed by atoms with Crippen LogP contribution in [0.15, 0.2) is 22.9 Å². The largest absolute Gasteiger partial charge is 0.374 e. The van der Waals surface area contributed by atoms with Gasteiger partial charge in [-0.15, -0.1) is 10.2 Å². The molecule has 0 saturated carbocycles. The standard InChI is InChI=1S/C16H20N8O2S/c1-8(2)14-21-12(24-26-14)7-19-13(25)10-4-5-11(18-6-10)20-9(3)15-22-23-16(17)27-15/h4-6,8-9H,7H2,1-3H3,(H2,17,23)(H,18,20)(H,19,25)/t9-/m1/s1. The molecule has 1 amide bonds. The fourth-order valence-corrected chi connectivity index (χ4v) is 2.77. The van der Waals surface area contributed by atoms with E-state index in [9.17, 15) is 4.79 Å². The van der Waals surface area contributed by atoms with E-state index >= 15 is 0 Å². The van der Waals surface area contributed by atoms with Crippen LogP contribution in [-0.2, 0) is 6.54 Å². The van der Waals surface area contributed by atoms with Gasteiger partial charge in [-0.3, -0.25) is 4.79 Å². The molecule has 3 heterocycles. The molecule has 10 nitrogen and oxygen atoms in total. The van der Waals surface area contributed by atoms with Gasteiger partial charge < -0.3 is 20.9 Å². The van der Waals surface area contributed by atoms with E-state index in [2.05, 4.69) is 36.0 Å². The van der Waals surface area contributed by atoms with Gasteiger partial charge in [-0.25, -0.2) is 4.98 Å². The third kappa shape index (κ3) is 4.76. The summed E-state index contributed by atoms with van der Waals surface area (Å²) in [5, 5.41) is 18.7. The summed E-state index contributed by atoms with van der Waals surface area (Å²) in [4.78, 5) is 20.7. The molecule has 1 atom stereocenters. The molecule has 0 bridgehead atoms. The van der Waals surface area contributed by atoms with Crippen LogP contribution in [0, 0.1) is 0 Å². The summed E-state index contributed by atoms with van der Waals surface area (Å²) in [6.45, 7) is 6.03. The number of rotatable bonds is 7. The number of nitrogens with two attached hydrogens (primary N) is 1. The van der Waals surface area contributed by atoms with Crippen molar-refractivity contribution in [2.75, 3.05) is 11.1 Å². The third-order valence-electron chi connectivity index (χ3n) is 3.60. The number of carbonyl (C=O) groups is 1. The maximum absolute atomic E-state index is 12.2. The monoisotopic (exact) mass is 388 g/mol. The van der Waals surface area contributed by atoms with Crippen molar-refractivity contribution in [1.82, 2.24) is 30.6 Å². The van der Waals surface area contributed by atoms with Gasteiger partial charge in [-0.05, 0) is 19.1 Å². The molecule has 0 saturated heterocycles. The second-order valence-corrected chi connectivity index (χ2v) is 7.20. The lowest BCUT2D eigenvalue weighted by Gasteiger charge is -2.11. The Morgan fingerprint density at radius 1 is 1.30 bits per heavy atom. The summed E-state index contributed by atoms with van der Waals surface area (Å²) in [5.41, 5.74) is 6.02. The fourth-order valence-electron chi connectivity index (χ4n) is 2.15. The minimum absolute atomic E-state index is 0.0969. The van der Waals surface area contributed by atoms with Gasteiger partial charge in [0.15, 0.2) is 5.82 Å². The smallest absolute Gasteiger partial charge is 0.253 e.